The van der Waals surface area contributed by atoms with Crippen LogP contribution in [0.15, 0.2) is 18.2 Å². The summed E-state index contributed by atoms with van der Waals surface area (Å²) in [6.07, 6.45) is 0. The third kappa shape index (κ3) is 1.81. The van der Waals surface area contributed by atoms with Crippen LogP contribution in [0.3, 0.4) is 0 Å². The number of nitrogen functional groups attached to an aromatic ring is 1. The number of anilines is 1. The van der Waals surface area contributed by atoms with Gasteiger partial charge in [-0.25, -0.2) is 4.79 Å². The van der Waals surface area contributed by atoms with Crippen LogP contribution in [0.4, 0.5) is 5.82 Å². The number of hydrogen-bond acceptors (Lipinski definition) is 5. The van der Waals surface area contributed by atoms with Crippen LogP contribution in [0.25, 0.3) is 11.3 Å². The van der Waals surface area contributed by atoms with Crippen LogP contribution >= 0.6 is 0 Å². The van der Waals surface area contributed by atoms with Gasteiger partial charge in [-0.15, -0.1) is 0 Å². The highest BCUT2D eigenvalue weighted by molar-refractivity contribution is 5.93. The average Bonchev–Trinajstić information content (AvgIpc) is 2.58. The highest BCUT2D eigenvalue weighted by Crippen LogP contribution is 2.34. The molecule has 0 amide bonds. The Bertz CT molecular complexity index is 614. The lowest BCUT2D eigenvalue weighted by atomic mass is 10.1. The molecule has 0 atom stereocenters. The molecule has 0 radical (unpaired) electrons. The Hall–Kier alpha value is -2.70. The lowest BCUT2D eigenvalue weighted by molar-refractivity contribution is 0.0694. The lowest BCUT2D eigenvalue weighted by Gasteiger charge is -2.05. The summed E-state index contributed by atoms with van der Waals surface area (Å²) in [5.41, 5.74) is 5.82. The van der Waals surface area contributed by atoms with E-state index in [9.17, 15) is 15.0 Å². The molecule has 0 aliphatic heterocycles. The molecule has 2 aromatic rings. The van der Waals surface area contributed by atoms with Crippen molar-refractivity contribution in [2.45, 2.75) is 0 Å². The number of carboxylic acid groups (broad SMARTS) is 1. The molecule has 5 N–H and O–H groups in total. The topological polar surface area (TPSA) is 122 Å². The first-order valence-corrected chi connectivity index (χ1v) is 4.99. The highest BCUT2D eigenvalue weighted by Gasteiger charge is 2.17. The van der Waals surface area contributed by atoms with Gasteiger partial charge in [0.15, 0.2) is 0 Å². The van der Waals surface area contributed by atoms with Crippen molar-refractivity contribution in [1.29, 1.82) is 0 Å². The molecule has 94 valence electrons. The van der Waals surface area contributed by atoms with Gasteiger partial charge in [0.25, 0.3) is 0 Å². The van der Waals surface area contributed by atoms with E-state index in [2.05, 4.69) is 5.10 Å². The van der Waals surface area contributed by atoms with E-state index < -0.39 is 11.7 Å². The number of benzene rings is 1. The first kappa shape index (κ1) is 11.8. The Labute approximate surface area is 102 Å². The van der Waals surface area contributed by atoms with Gasteiger partial charge in [0.1, 0.15) is 22.9 Å². The fraction of sp³-hybridized carbons (Fsp3) is 0.0909. The SMILES string of the molecule is Cn1nc(-c2cc(C(=O)O)c(O)cc2O)cc1N. The summed E-state index contributed by atoms with van der Waals surface area (Å²) in [5.74, 6) is -1.70. The van der Waals surface area contributed by atoms with Crippen molar-refractivity contribution in [3.05, 3.63) is 23.8 Å². The average molecular weight is 249 g/mol. The second-order valence-corrected chi connectivity index (χ2v) is 3.77. The molecule has 0 fully saturated rings. The first-order chi connectivity index (χ1) is 8.40. The lowest BCUT2D eigenvalue weighted by Crippen LogP contribution is -1.98. The molecule has 0 bridgehead atoms. The molecule has 1 aromatic heterocycles. The van der Waals surface area contributed by atoms with E-state index in [-0.39, 0.29) is 16.9 Å². The zero-order valence-corrected chi connectivity index (χ0v) is 9.45. The van der Waals surface area contributed by atoms with Crippen LogP contribution < -0.4 is 5.73 Å². The number of carbonyl (C=O) groups is 1. The number of phenolic OH excluding ortho intramolecular Hbond substituents is 1. The molecule has 0 unspecified atom stereocenters. The quantitative estimate of drug-likeness (QED) is 0.624. The maximum absolute atomic E-state index is 10.9. The largest absolute Gasteiger partial charge is 0.507 e. The standard InChI is InChI=1S/C11H11N3O4/c1-14-10(12)3-7(13-14)5-2-6(11(17)18)9(16)4-8(5)15/h2-4,15-16H,12H2,1H3,(H,17,18). The number of aromatic nitrogens is 2. The van der Waals surface area contributed by atoms with Gasteiger partial charge >= 0.3 is 5.97 Å². The van der Waals surface area contributed by atoms with E-state index in [1.54, 1.807) is 7.05 Å². The zero-order chi connectivity index (χ0) is 13.4. The maximum Gasteiger partial charge on any atom is 0.339 e. The Balaban J connectivity index is 2.64. The van der Waals surface area contributed by atoms with Gasteiger partial charge in [-0.1, -0.05) is 0 Å². The summed E-state index contributed by atoms with van der Waals surface area (Å²) < 4.78 is 1.39. The van der Waals surface area contributed by atoms with Gasteiger partial charge in [0.05, 0.1) is 5.69 Å². The number of aryl methyl sites for hydroxylation is 1. The first-order valence-electron chi connectivity index (χ1n) is 4.99. The van der Waals surface area contributed by atoms with Crippen molar-refractivity contribution < 1.29 is 20.1 Å². The minimum Gasteiger partial charge on any atom is -0.507 e. The number of nitrogens with zero attached hydrogens (tertiary/aromatic N) is 2. The van der Waals surface area contributed by atoms with Crippen LogP contribution in [0.2, 0.25) is 0 Å². The summed E-state index contributed by atoms with van der Waals surface area (Å²) in [5, 5.41) is 32.0. The maximum atomic E-state index is 10.9. The monoisotopic (exact) mass is 249 g/mol. The van der Waals surface area contributed by atoms with Gasteiger partial charge < -0.3 is 21.1 Å². The van der Waals surface area contributed by atoms with E-state index >= 15 is 0 Å². The number of hydrogen-bond donors (Lipinski definition) is 4. The molecule has 7 nitrogen and oxygen atoms in total. The van der Waals surface area contributed by atoms with E-state index in [1.165, 1.54) is 10.7 Å². The van der Waals surface area contributed by atoms with Crippen molar-refractivity contribution in [3.63, 3.8) is 0 Å². The third-order valence-electron chi connectivity index (χ3n) is 2.54. The third-order valence-corrected chi connectivity index (χ3v) is 2.54. The number of nitrogens with two attached hydrogens (primary N) is 1. The highest BCUT2D eigenvalue weighted by atomic mass is 16.4. The smallest absolute Gasteiger partial charge is 0.339 e. The van der Waals surface area contributed by atoms with Crippen molar-refractivity contribution >= 4 is 11.8 Å². The molecule has 0 aliphatic rings. The predicted octanol–water partition coefficient (Wildman–Crippen LogP) is 0.779. The van der Waals surface area contributed by atoms with E-state index in [4.69, 9.17) is 10.8 Å². The van der Waals surface area contributed by atoms with Crippen LogP contribution in [-0.4, -0.2) is 31.1 Å². The Morgan fingerprint density at radius 3 is 2.44 bits per heavy atom. The van der Waals surface area contributed by atoms with Gasteiger partial charge in [-0.05, 0) is 6.07 Å². The Morgan fingerprint density at radius 1 is 1.28 bits per heavy atom. The molecule has 18 heavy (non-hydrogen) atoms. The van der Waals surface area contributed by atoms with Gasteiger partial charge in [-0.3, -0.25) is 4.68 Å². The Morgan fingerprint density at radius 2 is 1.94 bits per heavy atom. The number of aromatic carboxylic acids is 1. The molecular weight excluding hydrogens is 238 g/mol. The van der Waals surface area contributed by atoms with Gasteiger partial charge in [-0.2, -0.15) is 5.10 Å². The summed E-state index contributed by atoms with van der Waals surface area (Å²) in [6, 6.07) is 3.61. The van der Waals surface area contributed by atoms with Crippen molar-refractivity contribution in [1.82, 2.24) is 9.78 Å². The number of aromatic hydroxyl groups is 2. The van der Waals surface area contributed by atoms with Crippen LogP contribution in [0.1, 0.15) is 10.4 Å². The number of carboxylic acids is 1. The second kappa shape index (κ2) is 3.95. The van der Waals surface area contributed by atoms with Gasteiger partial charge in [0.2, 0.25) is 0 Å². The molecule has 2 rings (SSSR count). The summed E-state index contributed by atoms with van der Waals surface area (Å²) >= 11 is 0. The minimum atomic E-state index is -1.29. The molecule has 0 saturated carbocycles. The fourth-order valence-corrected chi connectivity index (χ4v) is 1.57. The van der Waals surface area contributed by atoms with E-state index in [0.29, 0.717) is 11.5 Å². The predicted molar refractivity (Wildman–Crippen MR) is 63.3 cm³/mol. The second-order valence-electron chi connectivity index (χ2n) is 3.77. The molecule has 0 saturated heterocycles. The van der Waals surface area contributed by atoms with E-state index in [0.717, 1.165) is 12.1 Å². The normalized spacial score (nSPS) is 10.5. The molecule has 0 spiro atoms. The summed E-state index contributed by atoms with van der Waals surface area (Å²) in [6.45, 7) is 0. The van der Waals surface area contributed by atoms with Crippen LogP contribution in [0, 0.1) is 0 Å². The molecular formula is C11H11N3O4. The zero-order valence-electron chi connectivity index (χ0n) is 9.45. The number of rotatable bonds is 2. The van der Waals surface area contributed by atoms with Crippen LogP contribution in [0.5, 0.6) is 11.5 Å². The molecule has 1 aromatic carbocycles. The summed E-state index contributed by atoms with van der Waals surface area (Å²) in [4.78, 5) is 10.9. The molecule has 7 heteroatoms. The molecule has 1 heterocycles. The number of phenols is 2. The van der Waals surface area contributed by atoms with Crippen molar-refractivity contribution in [2.75, 3.05) is 5.73 Å². The fourth-order valence-electron chi connectivity index (χ4n) is 1.57. The minimum absolute atomic E-state index is 0.192. The Kier molecular flexibility index (Phi) is 2.59. The van der Waals surface area contributed by atoms with Crippen LogP contribution in [-0.2, 0) is 7.05 Å². The van der Waals surface area contributed by atoms with E-state index in [1.807, 2.05) is 0 Å². The molecule has 0 aliphatic carbocycles. The van der Waals surface area contributed by atoms with Crippen molar-refractivity contribution in [3.8, 4) is 22.8 Å². The summed E-state index contributed by atoms with van der Waals surface area (Å²) in [7, 11) is 1.62. The van der Waals surface area contributed by atoms with Crippen molar-refractivity contribution in [2.24, 2.45) is 7.05 Å². The van der Waals surface area contributed by atoms with Gasteiger partial charge in [0, 0.05) is 24.7 Å².